The average Bonchev–Trinajstić information content (AvgIpc) is 2.76. The predicted octanol–water partition coefficient (Wildman–Crippen LogP) is 2.06. The second-order valence-corrected chi connectivity index (χ2v) is 5.26. The summed E-state index contributed by atoms with van der Waals surface area (Å²) in [6, 6.07) is 4.32. The van der Waals surface area contributed by atoms with Crippen LogP contribution in [0.25, 0.3) is 11.2 Å². The zero-order chi connectivity index (χ0) is 13.2. The Bertz CT molecular complexity index is 554. The van der Waals surface area contributed by atoms with Crippen molar-refractivity contribution in [2.24, 2.45) is 0 Å². The van der Waals surface area contributed by atoms with E-state index in [1.165, 1.54) is 13.0 Å². The van der Waals surface area contributed by atoms with Crippen LogP contribution in [0.1, 0.15) is 32.2 Å². The predicted molar refractivity (Wildman–Crippen MR) is 76.9 cm³/mol. The number of nitrogen functional groups attached to an aromatic ring is 1. The Hall–Kier alpha value is -1.62. The summed E-state index contributed by atoms with van der Waals surface area (Å²) in [5.74, 6) is 0.600. The summed E-state index contributed by atoms with van der Waals surface area (Å²) < 4.78 is 2.12. The molecule has 2 aromatic heterocycles. The summed E-state index contributed by atoms with van der Waals surface area (Å²) in [6.45, 7) is 5.72. The summed E-state index contributed by atoms with van der Waals surface area (Å²) in [6.07, 6.45) is 5.30. The van der Waals surface area contributed by atoms with Crippen molar-refractivity contribution in [2.75, 3.05) is 25.4 Å². The van der Waals surface area contributed by atoms with Crippen molar-refractivity contribution in [1.29, 1.82) is 0 Å². The van der Waals surface area contributed by atoms with E-state index in [9.17, 15) is 0 Å². The number of likely N-dealkylation sites (tertiary alicyclic amines) is 1. The Balaban J connectivity index is 1.83. The summed E-state index contributed by atoms with van der Waals surface area (Å²) in [7, 11) is 0. The molecule has 5 heteroatoms. The highest BCUT2D eigenvalue weighted by Crippen LogP contribution is 2.28. The van der Waals surface area contributed by atoms with Gasteiger partial charge in [-0.05, 0) is 37.9 Å². The van der Waals surface area contributed by atoms with Gasteiger partial charge in [-0.15, -0.1) is 0 Å². The highest BCUT2D eigenvalue weighted by molar-refractivity contribution is 5.73. The van der Waals surface area contributed by atoms with Crippen LogP contribution in [0.5, 0.6) is 0 Å². The Kier molecular flexibility index (Phi) is 3.38. The van der Waals surface area contributed by atoms with Gasteiger partial charge >= 0.3 is 0 Å². The van der Waals surface area contributed by atoms with Gasteiger partial charge in [0.25, 0.3) is 0 Å². The van der Waals surface area contributed by atoms with Crippen LogP contribution in [-0.4, -0.2) is 39.1 Å². The van der Waals surface area contributed by atoms with Gasteiger partial charge in [0.1, 0.15) is 5.52 Å². The third kappa shape index (κ3) is 2.30. The molecular formula is C14H21N5. The lowest BCUT2D eigenvalue weighted by Gasteiger charge is -2.32. The molecule has 3 heterocycles. The van der Waals surface area contributed by atoms with Crippen molar-refractivity contribution in [2.45, 2.75) is 32.2 Å². The number of hydrogen-bond donors (Lipinski definition) is 1. The first-order valence-corrected chi connectivity index (χ1v) is 7.10. The van der Waals surface area contributed by atoms with Crippen LogP contribution >= 0.6 is 0 Å². The molecule has 19 heavy (non-hydrogen) atoms. The molecule has 0 amide bonds. The van der Waals surface area contributed by atoms with Crippen LogP contribution in [0.3, 0.4) is 0 Å². The van der Waals surface area contributed by atoms with Crippen LogP contribution in [0.15, 0.2) is 18.3 Å². The largest absolute Gasteiger partial charge is 0.369 e. The summed E-state index contributed by atoms with van der Waals surface area (Å²) in [4.78, 5) is 11.4. The Morgan fingerprint density at radius 3 is 2.89 bits per heavy atom. The minimum atomic E-state index is 0.438. The number of nitrogens with two attached hydrogens (primary N) is 1. The van der Waals surface area contributed by atoms with Gasteiger partial charge in [0, 0.05) is 25.3 Å². The van der Waals surface area contributed by atoms with Crippen molar-refractivity contribution in [3.8, 4) is 0 Å². The Labute approximate surface area is 113 Å². The van der Waals surface area contributed by atoms with E-state index in [0.717, 1.165) is 37.1 Å². The molecule has 102 valence electrons. The molecular weight excluding hydrogens is 238 g/mol. The van der Waals surface area contributed by atoms with Crippen LogP contribution in [0.4, 0.5) is 5.95 Å². The van der Waals surface area contributed by atoms with Crippen LogP contribution in [0, 0.1) is 0 Å². The monoisotopic (exact) mass is 259 g/mol. The number of rotatable bonds is 3. The van der Waals surface area contributed by atoms with Gasteiger partial charge < -0.3 is 10.6 Å². The molecule has 1 fully saturated rings. The lowest BCUT2D eigenvalue weighted by molar-refractivity contribution is 0.189. The Morgan fingerprint density at radius 1 is 1.37 bits per heavy atom. The lowest BCUT2D eigenvalue weighted by Crippen LogP contribution is -2.35. The van der Waals surface area contributed by atoms with E-state index < -0.39 is 0 Å². The van der Waals surface area contributed by atoms with Gasteiger partial charge in [-0.25, -0.2) is 9.97 Å². The molecule has 3 rings (SSSR count). The quantitative estimate of drug-likeness (QED) is 0.916. The third-order valence-electron chi connectivity index (χ3n) is 3.94. The minimum Gasteiger partial charge on any atom is -0.369 e. The summed E-state index contributed by atoms with van der Waals surface area (Å²) >= 11 is 0. The zero-order valence-electron chi connectivity index (χ0n) is 11.4. The molecule has 1 aliphatic heterocycles. The number of nitrogens with zero attached hydrogens (tertiary/aromatic N) is 4. The highest BCUT2D eigenvalue weighted by Gasteiger charge is 2.23. The molecule has 0 radical (unpaired) electrons. The summed E-state index contributed by atoms with van der Waals surface area (Å²) in [5.41, 5.74) is 7.90. The van der Waals surface area contributed by atoms with Crippen molar-refractivity contribution >= 4 is 17.1 Å². The van der Waals surface area contributed by atoms with Gasteiger partial charge in [0.2, 0.25) is 5.95 Å². The molecule has 1 saturated heterocycles. The standard InChI is InChI=1S/C14H21N5/c1-2-8-18-9-5-11(6-10-18)19-13-12(17-14(19)15)4-3-7-16-13/h3-4,7,11H,2,5-6,8-10H2,1H3,(H2,15,17). The molecule has 0 unspecified atom stereocenters. The number of aromatic nitrogens is 3. The van der Waals surface area contributed by atoms with Crippen molar-refractivity contribution in [3.05, 3.63) is 18.3 Å². The fraction of sp³-hybridized carbons (Fsp3) is 0.571. The molecule has 0 saturated carbocycles. The number of piperidine rings is 1. The van der Waals surface area contributed by atoms with Gasteiger partial charge in [-0.1, -0.05) is 6.92 Å². The van der Waals surface area contributed by atoms with Gasteiger partial charge in [0.05, 0.1) is 0 Å². The molecule has 0 aromatic carbocycles. The number of imidazole rings is 1. The van der Waals surface area contributed by atoms with Crippen molar-refractivity contribution in [3.63, 3.8) is 0 Å². The van der Waals surface area contributed by atoms with E-state index in [1.54, 1.807) is 0 Å². The molecule has 1 aliphatic rings. The maximum atomic E-state index is 6.08. The minimum absolute atomic E-state index is 0.438. The smallest absolute Gasteiger partial charge is 0.202 e. The first-order valence-electron chi connectivity index (χ1n) is 7.10. The van der Waals surface area contributed by atoms with Gasteiger partial charge in [-0.2, -0.15) is 0 Å². The topological polar surface area (TPSA) is 60.0 Å². The van der Waals surface area contributed by atoms with Crippen LogP contribution in [0.2, 0.25) is 0 Å². The van der Waals surface area contributed by atoms with Gasteiger partial charge in [0.15, 0.2) is 5.65 Å². The van der Waals surface area contributed by atoms with E-state index in [-0.39, 0.29) is 0 Å². The van der Waals surface area contributed by atoms with E-state index in [0.29, 0.717) is 12.0 Å². The van der Waals surface area contributed by atoms with E-state index in [2.05, 4.69) is 26.4 Å². The first kappa shape index (κ1) is 12.4. The zero-order valence-corrected chi connectivity index (χ0v) is 11.4. The molecule has 0 spiro atoms. The fourth-order valence-corrected chi connectivity index (χ4v) is 3.02. The van der Waals surface area contributed by atoms with Crippen molar-refractivity contribution < 1.29 is 0 Å². The van der Waals surface area contributed by atoms with Crippen LogP contribution in [-0.2, 0) is 0 Å². The highest BCUT2D eigenvalue weighted by atomic mass is 15.2. The number of fused-ring (bicyclic) bond motifs is 1. The van der Waals surface area contributed by atoms with E-state index in [1.807, 2.05) is 18.3 Å². The maximum absolute atomic E-state index is 6.08. The molecule has 5 nitrogen and oxygen atoms in total. The van der Waals surface area contributed by atoms with E-state index >= 15 is 0 Å². The van der Waals surface area contributed by atoms with E-state index in [4.69, 9.17) is 5.73 Å². The third-order valence-corrected chi connectivity index (χ3v) is 3.94. The molecule has 0 atom stereocenters. The van der Waals surface area contributed by atoms with Gasteiger partial charge in [-0.3, -0.25) is 4.57 Å². The average molecular weight is 259 g/mol. The van der Waals surface area contributed by atoms with Crippen LogP contribution < -0.4 is 5.73 Å². The molecule has 2 N–H and O–H groups in total. The number of anilines is 1. The Morgan fingerprint density at radius 2 is 2.16 bits per heavy atom. The molecule has 0 bridgehead atoms. The SMILES string of the molecule is CCCN1CCC(n2c(N)nc3cccnc32)CC1. The summed E-state index contributed by atoms with van der Waals surface area (Å²) in [5, 5.41) is 0. The second kappa shape index (κ2) is 5.17. The molecule has 2 aromatic rings. The second-order valence-electron chi connectivity index (χ2n) is 5.26. The first-order chi connectivity index (χ1) is 9.29. The lowest BCUT2D eigenvalue weighted by atomic mass is 10.0. The molecule has 0 aliphatic carbocycles. The number of hydrogen-bond acceptors (Lipinski definition) is 4. The fourth-order valence-electron chi connectivity index (χ4n) is 3.02. The normalized spacial score (nSPS) is 18.2. The maximum Gasteiger partial charge on any atom is 0.202 e. The van der Waals surface area contributed by atoms with Crippen molar-refractivity contribution in [1.82, 2.24) is 19.4 Å². The number of pyridine rings is 1.